The zero-order chi connectivity index (χ0) is 18.2. The number of rotatable bonds is 6. The van der Waals surface area contributed by atoms with Crippen LogP contribution in [0.25, 0.3) is 0 Å². The lowest BCUT2D eigenvalue weighted by molar-refractivity contribution is 0.413. The Labute approximate surface area is 183 Å². The van der Waals surface area contributed by atoms with Crippen LogP contribution in [-0.4, -0.2) is 33.8 Å². The normalized spacial score (nSPS) is 21.6. The van der Waals surface area contributed by atoms with Crippen molar-refractivity contribution in [2.45, 2.75) is 57.4 Å². The van der Waals surface area contributed by atoms with E-state index in [0.717, 1.165) is 54.0 Å². The van der Waals surface area contributed by atoms with Gasteiger partial charge < -0.3 is 10.6 Å². The van der Waals surface area contributed by atoms with Crippen molar-refractivity contribution in [1.29, 1.82) is 0 Å². The molecule has 1 aromatic carbocycles. The lowest BCUT2D eigenvalue weighted by atomic mass is 9.95. The second-order valence-corrected chi connectivity index (χ2v) is 9.09. The largest absolute Gasteiger partial charge is 0.357 e. The third kappa shape index (κ3) is 7.42. The van der Waals surface area contributed by atoms with Crippen LogP contribution in [0.4, 0.5) is 4.39 Å². The van der Waals surface area contributed by atoms with Crippen molar-refractivity contribution in [3.63, 3.8) is 0 Å². The number of nitrogens with one attached hydrogen (secondary N) is 2. The summed E-state index contributed by atoms with van der Waals surface area (Å²) in [6.45, 7) is 5.15. The summed E-state index contributed by atoms with van der Waals surface area (Å²) in [6.07, 6.45) is 4.10. The second-order valence-electron chi connectivity index (χ2n) is 6.23. The van der Waals surface area contributed by atoms with Gasteiger partial charge in [-0.05, 0) is 49.9 Å². The number of benzene rings is 1. The fourth-order valence-electron chi connectivity index (χ4n) is 3.09. The molecule has 1 aliphatic carbocycles. The highest BCUT2D eigenvalue weighted by atomic mass is 127. The van der Waals surface area contributed by atoms with E-state index in [0.29, 0.717) is 6.54 Å². The van der Waals surface area contributed by atoms with Gasteiger partial charge in [-0.25, -0.2) is 9.38 Å². The van der Waals surface area contributed by atoms with Gasteiger partial charge in [0.15, 0.2) is 5.96 Å². The molecule has 0 spiro atoms. The van der Waals surface area contributed by atoms with Gasteiger partial charge in [0.25, 0.3) is 0 Å². The SMILES string of the molecule is CCNC(=NCc1cc(F)ccc1Br)NC1CCCC(S(=O)CC)C1.I. The Morgan fingerprint density at radius 1 is 1.38 bits per heavy atom. The number of nitrogens with zero attached hydrogens (tertiary/aromatic N) is 1. The molecule has 2 rings (SSSR count). The van der Waals surface area contributed by atoms with Crippen LogP contribution >= 0.6 is 39.9 Å². The Morgan fingerprint density at radius 2 is 2.15 bits per heavy atom. The highest BCUT2D eigenvalue weighted by Crippen LogP contribution is 2.23. The highest BCUT2D eigenvalue weighted by Gasteiger charge is 2.26. The minimum absolute atomic E-state index is 0. The zero-order valence-electron chi connectivity index (χ0n) is 15.3. The van der Waals surface area contributed by atoms with Gasteiger partial charge in [0.1, 0.15) is 5.82 Å². The van der Waals surface area contributed by atoms with Crippen LogP contribution in [0.1, 0.15) is 45.1 Å². The number of hydrogen-bond donors (Lipinski definition) is 2. The van der Waals surface area contributed by atoms with Crippen LogP contribution in [0.15, 0.2) is 27.7 Å². The van der Waals surface area contributed by atoms with Crippen molar-refractivity contribution in [2.24, 2.45) is 4.99 Å². The van der Waals surface area contributed by atoms with Gasteiger partial charge >= 0.3 is 0 Å². The quantitative estimate of drug-likeness (QED) is 0.310. The predicted octanol–water partition coefficient (Wildman–Crippen LogP) is 4.34. The smallest absolute Gasteiger partial charge is 0.191 e. The molecule has 0 heterocycles. The van der Waals surface area contributed by atoms with Crippen LogP contribution in [0.3, 0.4) is 0 Å². The summed E-state index contributed by atoms with van der Waals surface area (Å²) in [7, 11) is -0.740. The van der Waals surface area contributed by atoms with Crippen molar-refractivity contribution in [3.05, 3.63) is 34.1 Å². The Hall–Kier alpha value is -0.220. The summed E-state index contributed by atoms with van der Waals surface area (Å²) in [6, 6.07) is 4.91. The van der Waals surface area contributed by atoms with Gasteiger partial charge in [-0.1, -0.05) is 29.3 Å². The standard InChI is InChI=1S/C18H27BrFN3OS.HI/c1-3-21-18(22-12-13-10-14(20)8-9-17(13)19)23-15-6-5-7-16(11-15)25(24)4-2;/h8-10,15-16H,3-7,11-12H2,1-2H3,(H2,21,22,23);1H. The van der Waals surface area contributed by atoms with Gasteiger partial charge in [0.05, 0.1) is 6.54 Å². The molecule has 2 N–H and O–H groups in total. The minimum Gasteiger partial charge on any atom is -0.357 e. The second kappa shape index (κ2) is 12.3. The highest BCUT2D eigenvalue weighted by molar-refractivity contribution is 14.0. The van der Waals surface area contributed by atoms with E-state index in [2.05, 4.69) is 31.6 Å². The Kier molecular flexibility index (Phi) is 11.2. The molecular formula is C18H28BrFIN3OS. The summed E-state index contributed by atoms with van der Waals surface area (Å²) in [4.78, 5) is 4.59. The van der Waals surface area contributed by atoms with E-state index in [1.807, 2.05) is 13.8 Å². The maximum atomic E-state index is 13.4. The van der Waals surface area contributed by atoms with Crippen molar-refractivity contribution in [3.8, 4) is 0 Å². The van der Waals surface area contributed by atoms with Crippen LogP contribution < -0.4 is 10.6 Å². The Balaban J connectivity index is 0.00000338. The first-order valence-electron chi connectivity index (χ1n) is 8.89. The summed E-state index contributed by atoms with van der Waals surface area (Å²) >= 11 is 3.44. The van der Waals surface area contributed by atoms with E-state index in [1.165, 1.54) is 12.1 Å². The van der Waals surface area contributed by atoms with Gasteiger partial charge in [-0.15, -0.1) is 24.0 Å². The van der Waals surface area contributed by atoms with E-state index in [4.69, 9.17) is 0 Å². The summed E-state index contributed by atoms with van der Waals surface area (Å²) in [5.74, 6) is 1.19. The fraction of sp³-hybridized carbons (Fsp3) is 0.611. The molecule has 1 aliphatic rings. The van der Waals surface area contributed by atoms with Crippen LogP contribution in [0.2, 0.25) is 0 Å². The molecule has 0 radical (unpaired) electrons. The molecule has 26 heavy (non-hydrogen) atoms. The van der Waals surface area contributed by atoms with Crippen LogP contribution in [-0.2, 0) is 17.3 Å². The molecule has 0 bridgehead atoms. The van der Waals surface area contributed by atoms with Gasteiger partial charge in [0.2, 0.25) is 0 Å². The number of aliphatic imine (C=N–C) groups is 1. The third-order valence-corrected chi connectivity index (χ3v) is 6.90. The van der Waals surface area contributed by atoms with E-state index >= 15 is 0 Å². The van der Waals surface area contributed by atoms with E-state index in [1.54, 1.807) is 6.07 Å². The molecule has 0 saturated heterocycles. The molecule has 0 amide bonds. The third-order valence-electron chi connectivity index (χ3n) is 4.38. The van der Waals surface area contributed by atoms with Gasteiger partial charge in [-0.3, -0.25) is 4.21 Å². The minimum atomic E-state index is -0.740. The molecule has 1 fully saturated rings. The average molecular weight is 560 g/mol. The van der Waals surface area contributed by atoms with E-state index in [-0.39, 0.29) is 41.1 Å². The maximum absolute atomic E-state index is 13.4. The predicted molar refractivity (Wildman–Crippen MR) is 122 cm³/mol. The molecule has 0 aromatic heterocycles. The maximum Gasteiger partial charge on any atom is 0.191 e. The molecular weight excluding hydrogens is 532 g/mol. The average Bonchev–Trinajstić information content (AvgIpc) is 2.62. The van der Waals surface area contributed by atoms with Crippen LogP contribution in [0.5, 0.6) is 0 Å². The first-order valence-corrected chi connectivity index (χ1v) is 11.1. The van der Waals surface area contributed by atoms with E-state index < -0.39 is 10.8 Å². The Morgan fingerprint density at radius 3 is 2.85 bits per heavy atom. The lowest BCUT2D eigenvalue weighted by Crippen LogP contribution is -2.46. The first-order chi connectivity index (χ1) is 12.0. The van der Waals surface area contributed by atoms with Crippen molar-refractivity contribution in [2.75, 3.05) is 12.3 Å². The first kappa shape index (κ1) is 23.8. The molecule has 4 nitrogen and oxygen atoms in total. The molecule has 0 aliphatic heterocycles. The number of hydrogen-bond acceptors (Lipinski definition) is 2. The summed E-state index contributed by atoms with van der Waals surface area (Å²) < 4.78 is 26.4. The molecule has 3 unspecified atom stereocenters. The fourth-order valence-corrected chi connectivity index (χ4v) is 4.81. The molecule has 148 valence electrons. The van der Waals surface area contributed by atoms with Gasteiger partial charge in [-0.2, -0.15) is 0 Å². The van der Waals surface area contributed by atoms with E-state index in [9.17, 15) is 8.60 Å². The molecule has 1 aromatic rings. The molecule has 8 heteroatoms. The van der Waals surface area contributed by atoms with Crippen molar-refractivity contribution >= 4 is 56.7 Å². The topological polar surface area (TPSA) is 53.5 Å². The van der Waals surface area contributed by atoms with Crippen molar-refractivity contribution < 1.29 is 8.60 Å². The van der Waals surface area contributed by atoms with Crippen LogP contribution in [0, 0.1) is 5.82 Å². The molecule has 1 saturated carbocycles. The van der Waals surface area contributed by atoms with Gasteiger partial charge in [0, 0.05) is 38.9 Å². The summed E-state index contributed by atoms with van der Waals surface area (Å²) in [5, 5.41) is 6.99. The number of halogens is 3. The summed E-state index contributed by atoms with van der Waals surface area (Å²) in [5.41, 5.74) is 0.811. The number of guanidine groups is 1. The lowest BCUT2D eigenvalue weighted by Gasteiger charge is -2.30. The molecule has 3 atom stereocenters. The zero-order valence-corrected chi connectivity index (χ0v) is 20.0. The monoisotopic (exact) mass is 559 g/mol. The Bertz CT molecular complexity index is 632. The van der Waals surface area contributed by atoms with Crippen molar-refractivity contribution in [1.82, 2.24) is 10.6 Å².